The largest absolute Gasteiger partial charge is 1.00 e. The van der Waals surface area contributed by atoms with E-state index in [2.05, 4.69) is 32.6 Å². The van der Waals surface area contributed by atoms with Crippen LogP contribution in [-0.2, 0) is 66.4 Å². The Kier molecular flexibility index (Phi) is 32.3. The molecule has 5 heterocycles. The number of carbonyl (C=O) groups is 2. The number of aliphatic hydroxyl groups is 8. The minimum atomic E-state index is -3.01. The molecule has 2 aromatic carbocycles. The number of aliphatic hydroxyl groups excluding tert-OH is 8. The predicted molar refractivity (Wildman–Crippen MR) is 257 cm³/mol. The third kappa shape index (κ3) is 16.9. The molecule has 0 saturated carbocycles. The Morgan fingerprint density at radius 1 is 0.737 bits per heavy atom. The van der Waals surface area contributed by atoms with E-state index in [-0.39, 0.29) is 171 Å². The number of hydrogen-bond acceptors (Lipinski definition) is 24. The van der Waals surface area contributed by atoms with Gasteiger partial charge in [-0.05, 0) is 31.0 Å². The van der Waals surface area contributed by atoms with Crippen molar-refractivity contribution < 1.29 is 221 Å². The first-order chi connectivity index (χ1) is 35.2. The molecule has 424 valence electrons. The topological polar surface area (TPSA) is 347 Å². The minimum Gasteiger partial charge on any atom is -1.00 e. The average molecular weight is 1160 g/mol. The van der Waals surface area contributed by atoms with Crippen LogP contribution in [0.15, 0.2) is 48.5 Å². The molecule has 0 aliphatic carbocycles. The van der Waals surface area contributed by atoms with Gasteiger partial charge in [0.15, 0.2) is 18.4 Å². The number of benzene rings is 2. The molecule has 0 aromatic heterocycles. The van der Waals surface area contributed by atoms with Gasteiger partial charge >= 0.3 is 103 Å². The van der Waals surface area contributed by atoms with Gasteiger partial charge < -0.3 is 109 Å². The monoisotopic (exact) mass is 1160 g/mol. The van der Waals surface area contributed by atoms with E-state index in [1.165, 1.54) is 6.92 Å². The number of Topliss-reactive ketones (excluding diaryl/α,β-unsaturated/α-hetero) is 1. The SMILES string of the molecule is CC(=O)CCP1(=O)Oc2ccccc2-c2ccccc21.CC[C@H]1O[C@@](CC)(O[C@H]2O[C@H](COC)[C@@H](OC)[C@H](OC)[C@H]2C)[C@@H](OC)[C@@H]1C.O=CO[O-].OC[C@H]1O[C@@](CO)(O[C@H]2O[C@H](CO)[C@@H](O)[C@H](O)[C@H]2O)[C@@H](O)[C@@H]1O.[H-].[K+].[K+]. The molecule has 0 amide bonds. The molecule has 7 rings (SSSR count). The van der Waals surface area contributed by atoms with Crippen LogP contribution in [0.25, 0.3) is 11.1 Å². The van der Waals surface area contributed by atoms with E-state index in [1.54, 1.807) is 28.4 Å². The van der Waals surface area contributed by atoms with Gasteiger partial charge in [-0.3, -0.25) is 9.36 Å². The molecule has 4 saturated heterocycles. The Morgan fingerprint density at radius 2 is 1.30 bits per heavy atom. The van der Waals surface area contributed by atoms with E-state index in [9.17, 15) is 40.0 Å². The number of ether oxygens (including phenoxy) is 10. The van der Waals surface area contributed by atoms with Crippen molar-refractivity contribution in [1.29, 1.82) is 0 Å². The fraction of sp³-hybridized carbons (Fsp3) is 0.714. The van der Waals surface area contributed by atoms with Crippen LogP contribution in [0.2, 0.25) is 0 Å². The Morgan fingerprint density at radius 3 is 1.82 bits per heavy atom. The maximum Gasteiger partial charge on any atom is 1.00 e. The minimum absolute atomic E-state index is 0. The molecule has 27 heteroatoms. The van der Waals surface area contributed by atoms with E-state index in [1.807, 2.05) is 48.5 Å². The molecule has 19 atom stereocenters. The van der Waals surface area contributed by atoms with Crippen LogP contribution in [0.3, 0.4) is 0 Å². The van der Waals surface area contributed by atoms with Crippen LogP contribution in [0.4, 0.5) is 0 Å². The van der Waals surface area contributed by atoms with Crippen molar-refractivity contribution in [2.24, 2.45) is 11.8 Å². The second-order valence-electron chi connectivity index (χ2n) is 18.3. The first-order valence-corrected chi connectivity index (χ1v) is 26.1. The molecule has 0 radical (unpaired) electrons. The third-order valence-electron chi connectivity index (χ3n) is 13.7. The molecule has 2 aromatic rings. The van der Waals surface area contributed by atoms with Crippen LogP contribution in [0.1, 0.15) is 55.3 Å². The normalized spacial score (nSPS) is 37.0. The zero-order chi connectivity index (χ0) is 55.1. The average Bonchev–Trinajstić information content (AvgIpc) is 3.83. The molecule has 24 nitrogen and oxygen atoms in total. The van der Waals surface area contributed by atoms with Crippen molar-refractivity contribution in [3.8, 4) is 16.9 Å². The standard InChI is InChI=1S/C20H38O7.C16H15O3P.C12H22O11.CH2O3.2K.H/c1-9-14-12(3)18(24-8)20(10-2,26-14)27-19-13(4)16(22-6)17(23-7)15(25-19)11-21-5;1-12(17)10-11-20(18)16-9-5-3-7-14(16)13-6-2-4-8-15(13)19-20;13-1-4-6(16)8(18)9(19)11(21-4)23-12(3-15)10(20)7(17)5(2-14)22-12;2-1-4-3;;;/h12-19H,9-11H2,1-8H3;2-9H,10-11H2,1H3;4-11,13-20H,1-3H2;1,3H;;;/q;;;;2*+1;-1/p-1/t12-,13-,14-,15-,16-,17-,18+,19-,20+;;4-,5-,6-,7-,8+,9-,10+,11-,12+;;;;/m1.1..../s1. The van der Waals surface area contributed by atoms with E-state index in [0.717, 1.165) is 22.9 Å². The van der Waals surface area contributed by atoms with Gasteiger partial charge in [0, 0.05) is 64.8 Å². The zero-order valence-electron chi connectivity index (χ0n) is 46.1. The number of hydrogen-bond donors (Lipinski definition) is 8. The van der Waals surface area contributed by atoms with E-state index in [0.29, 0.717) is 18.8 Å². The second kappa shape index (κ2) is 34.0. The fourth-order valence-corrected chi connectivity index (χ4v) is 12.1. The van der Waals surface area contributed by atoms with Gasteiger partial charge in [0.25, 0.3) is 13.8 Å². The number of rotatable bonds is 18. The number of para-hydroxylation sites is 1. The Labute approximate surface area is 529 Å². The molecule has 0 bridgehead atoms. The van der Waals surface area contributed by atoms with Crippen molar-refractivity contribution >= 4 is 24.9 Å². The molecule has 5 aliphatic heterocycles. The Balaban J connectivity index is 0.000000551. The Hall–Kier alpha value is 0.123. The molecular formula is C49H77K2O24P. The molecule has 76 heavy (non-hydrogen) atoms. The Bertz CT molecular complexity index is 2090. The van der Waals surface area contributed by atoms with E-state index in [4.69, 9.17) is 72.2 Å². The van der Waals surface area contributed by atoms with Gasteiger partial charge in [-0.15, -0.1) is 0 Å². The van der Waals surface area contributed by atoms with Gasteiger partial charge in [0.05, 0.1) is 37.3 Å². The van der Waals surface area contributed by atoms with Crippen LogP contribution in [0.5, 0.6) is 5.75 Å². The van der Waals surface area contributed by atoms with Crippen molar-refractivity contribution in [1.82, 2.24) is 0 Å². The summed E-state index contributed by atoms with van der Waals surface area (Å²) in [5, 5.41) is 85.8. The second-order valence-corrected chi connectivity index (χ2v) is 20.8. The summed E-state index contributed by atoms with van der Waals surface area (Å²) in [5.41, 5.74) is 1.90. The molecule has 5 aliphatic rings. The van der Waals surface area contributed by atoms with Crippen molar-refractivity contribution in [2.45, 2.75) is 151 Å². The molecule has 8 N–H and O–H groups in total. The van der Waals surface area contributed by atoms with Crippen molar-refractivity contribution in [2.75, 3.05) is 61.0 Å². The van der Waals surface area contributed by atoms with Crippen LogP contribution < -0.4 is 118 Å². The molecule has 4 fully saturated rings. The molecular weight excluding hydrogens is 1080 g/mol. The summed E-state index contributed by atoms with van der Waals surface area (Å²) in [4.78, 5) is 22.5. The first kappa shape index (κ1) is 72.2. The van der Waals surface area contributed by atoms with Gasteiger partial charge in [-0.1, -0.05) is 64.1 Å². The summed E-state index contributed by atoms with van der Waals surface area (Å²) < 4.78 is 76.2. The van der Waals surface area contributed by atoms with Crippen LogP contribution in [-0.4, -0.2) is 212 Å². The summed E-state index contributed by atoms with van der Waals surface area (Å²) in [5.74, 6) is -2.21. The van der Waals surface area contributed by atoms with Gasteiger partial charge in [0.1, 0.15) is 79.2 Å². The smallest absolute Gasteiger partial charge is 1.00 e. The fourth-order valence-electron chi connectivity index (χ4n) is 9.72. The maximum absolute atomic E-state index is 13.1. The van der Waals surface area contributed by atoms with E-state index >= 15 is 0 Å². The zero-order valence-corrected chi connectivity index (χ0v) is 52.3. The number of methoxy groups -OCH3 is 4. The summed E-state index contributed by atoms with van der Waals surface area (Å²) in [7, 11) is 3.71. The number of ketones is 1. The summed E-state index contributed by atoms with van der Waals surface area (Å²) in [6.45, 7) is 7.79. The van der Waals surface area contributed by atoms with Gasteiger partial charge in [-0.25, -0.2) is 0 Å². The van der Waals surface area contributed by atoms with Crippen LogP contribution >= 0.6 is 7.37 Å². The summed E-state index contributed by atoms with van der Waals surface area (Å²) in [6, 6.07) is 15.2. The summed E-state index contributed by atoms with van der Waals surface area (Å²) >= 11 is 0. The van der Waals surface area contributed by atoms with E-state index < -0.39 is 94.1 Å². The maximum atomic E-state index is 13.1. The van der Waals surface area contributed by atoms with Gasteiger partial charge in [-0.2, -0.15) is 0 Å². The van der Waals surface area contributed by atoms with Crippen LogP contribution in [0, 0.1) is 11.8 Å². The predicted octanol–water partition coefficient (Wildman–Crippen LogP) is -6.61. The number of carbonyl (C=O) groups excluding carboxylic acids is 2. The van der Waals surface area contributed by atoms with Crippen molar-refractivity contribution in [3.05, 3.63) is 48.5 Å². The summed E-state index contributed by atoms with van der Waals surface area (Å²) in [6.07, 6.45) is -11.8. The third-order valence-corrected chi connectivity index (χ3v) is 16.1. The molecule has 0 spiro atoms. The first-order valence-electron chi connectivity index (χ1n) is 24.3. The number of fused-ring (bicyclic) bond motifs is 3. The van der Waals surface area contributed by atoms with Gasteiger partial charge in [0.2, 0.25) is 5.79 Å². The quantitative estimate of drug-likeness (QED) is 0.0226. The van der Waals surface area contributed by atoms with Crippen molar-refractivity contribution in [3.63, 3.8) is 0 Å². The molecule has 1 unspecified atom stereocenters.